The van der Waals surface area contributed by atoms with Gasteiger partial charge in [0.1, 0.15) is 11.6 Å². The Bertz CT molecular complexity index is 311. The van der Waals surface area contributed by atoms with Crippen molar-refractivity contribution in [3.05, 3.63) is 0 Å². The monoisotopic (exact) mass is 190 g/mol. The number of rotatable bonds is 0. The molecule has 2 aliphatic carbocycles. The number of hydrogen-bond acceptors (Lipinski definition) is 2. The summed E-state index contributed by atoms with van der Waals surface area (Å²) >= 11 is 0. The molecule has 0 unspecified atom stereocenters. The zero-order chi connectivity index (χ0) is 10.1. The molecule has 0 aromatic carbocycles. The molecule has 0 N–H and O–H groups in total. The fourth-order valence-electron chi connectivity index (χ4n) is 2.67. The highest BCUT2D eigenvalue weighted by Gasteiger charge is 2.41. The molecule has 2 fully saturated rings. The van der Waals surface area contributed by atoms with Crippen LogP contribution in [-0.4, -0.2) is 11.6 Å². The van der Waals surface area contributed by atoms with Gasteiger partial charge in [-0.1, -0.05) is 0 Å². The summed E-state index contributed by atoms with van der Waals surface area (Å²) in [6.07, 6.45) is 8.81. The number of hydrogen-bond donors (Lipinski definition) is 0. The second-order valence-electron chi connectivity index (χ2n) is 4.32. The first-order valence-corrected chi connectivity index (χ1v) is 5.24. The van der Waals surface area contributed by atoms with Gasteiger partial charge < -0.3 is 0 Å². The van der Waals surface area contributed by atoms with E-state index in [1.54, 1.807) is 0 Å². The van der Waals surface area contributed by atoms with Gasteiger partial charge in [0.25, 0.3) is 0 Å². The van der Waals surface area contributed by atoms with Crippen LogP contribution in [0, 0.1) is 30.1 Å². The Morgan fingerprint density at radius 2 is 1.71 bits per heavy atom. The number of carbonyl (C=O) groups excluding carboxylic acids is 2. The van der Waals surface area contributed by atoms with Gasteiger partial charge in [-0.2, -0.15) is 0 Å². The quantitative estimate of drug-likeness (QED) is 0.543. The molecule has 3 atom stereocenters. The van der Waals surface area contributed by atoms with Crippen LogP contribution < -0.4 is 0 Å². The molecule has 0 radical (unpaired) electrons. The normalized spacial score (nSPS) is 37.5. The number of ketones is 2. The number of fused-ring (bicyclic) bond motifs is 1. The molecule has 2 nitrogen and oxygen atoms in total. The number of carbonyl (C=O) groups is 2. The minimum absolute atomic E-state index is 0.000787. The zero-order valence-electron chi connectivity index (χ0n) is 8.16. The van der Waals surface area contributed by atoms with Crippen molar-refractivity contribution in [3.63, 3.8) is 0 Å². The van der Waals surface area contributed by atoms with Gasteiger partial charge in [-0.3, -0.25) is 9.59 Å². The summed E-state index contributed by atoms with van der Waals surface area (Å²) in [6, 6.07) is 0. The third-order valence-electron chi connectivity index (χ3n) is 3.53. The summed E-state index contributed by atoms with van der Waals surface area (Å²) in [5, 5.41) is 0. The molecule has 0 aromatic heterocycles. The molecule has 0 amide bonds. The smallest absolute Gasteiger partial charge is 0.136 e. The molecular formula is C12H14O2. The van der Waals surface area contributed by atoms with Gasteiger partial charge in [-0.25, -0.2) is 0 Å². The average Bonchev–Trinajstić information content (AvgIpc) is 2.45. The molecule has 0 bridgehead atoms. The van der Waals surface area contributed by atoms with Gasteiger partial charge in [0.2, 0.25) is 0 Å². The third-order valence-corrected chi connectivity index (χ3v) is 3.53. The van der Waals surface area contributed by atoms with Crippen molar-refractivity contribution in [2.75, 3.05) is 0 Å². The van der Waals surface area contributed by atoms with Crippen LogP contribution in [0.15, 0.2) is 0 Å². The SMILES string of the molecule is C#C[C@@H]1CCC(=O)[C@@H]2CCC(=O)[C@@H]2C1. The van der Waals surface area contributed by atoms with Crippen LogP contribution in [0.4, 0.5) is 0 Å². The Balaban J connectivity index is 2.21. The summed E-state index contributed by atoms with van der Waals surface area (Å²) in [7, 11) is 0. The summed E-state index contributed by atoms with van der Waals surface area (Å²) in [6.45, 7) is 0. The van der Waals surface area contributed by atoms with Gasteiger partial charge in [-0.15, -0.1) is 12.3 Å². The predicted molar refractivity (Wildman–Crippen MR) is 52.4 cm³/mol. The van der Waals surface area contributed by atoms with E-state index in [1.807, 2.05) is 0 Å². The van der Waals surface area contributed by atoms with Crippen molar-refractivity contribution in [3.8, 4) is 12.3 Å². The highest BCUT2D eigenvalue weighted by atomic mass is 16.1. The average molecular weight is 190 g/mol. The Morgan fingerprint density at radius 3 is 2.43 bits per heavy atom. The number of terminal acetylenes is 1. The van der Waals surface area contributed by atoms with Crippen LogP contribution in [0.1, 0.15) is 32.1 Å². The van der Waals surface area contributed by atoms with Gasteiger partial charge in [-0.05, 0) is 19.3 Å². The van der Waals surface area contributed by atoms with E-state index in [2.05, 4.69) is 5.92 Å². The third kappa shape index (κ3) is 1.48. The molecule has 2 aliphatic rings. The molecular weight excluding hydrogens is 176 g/mol. The van der Waals surface area contributed by atoms with Crippen molar-refractivity contribution in [2.24, 2.45) is 17.8 Å². The van der Waals surface area contributed by atoms with Crippen molar-refractivity contribution in [1.82, 2.24) is 0 Å². The van der Waals surface area contributed by atoms with Crippen LogP contribution in [0.2, 0.25) is 0 Å². The highest BCUT2D eigenvalue weighted by Crippen LogP contribution is 2.38. The van der Waals surface area contributed by atoms with E-state index in [0.717, 1.165) is 19.3 Å². The van der Waals surface area contributed by atoms with Crippen molar-refractivity contribution >= 4 is 11.6 Å². The topological polar surface area (TPSA) is 34.1 Å². The Kier molecular flexibility index (Phi) is 2.41. The van der Waals surface area contributed by atoms with Crippen LogP contribution in [-0.2, 0) is 9.59 Å². The fourth-order valence-corrected chi connectivity index (χ4v) is 2.67. The minimum atomic E-state index is -0.0500. The second kappa shape index (κ2) is 3.57. The minimum Gasteiger partial charge on any atom is -0.299 e. The van der Waals surface area contributed by atoms with Crippen LogP contribution >= 0.6 is 0 Å². The molecule has 74 valence electrons. The first kappa shape index (κ1) is 9.45. The van der Waals surface area contributed by atoms with E-state index < -0.39 is 0 Å². The summed E-state index contributed by atoms with van der Waals surface area (Å²) in [5.74, 6) is 3.30. The van der Waals surface area contributed by atoms with Crippen LogP contribution in [0.5, 0.6) is 0 Å². The van der Waals surface area contributed by atoms with Gasteiger partial charge in [0, 0.05) is 30.6 Å². The van der Waals surface area contributed by atoms with Crippen molar-refractivity contribution < 1.29 is 9.59 Å². The van der Waals surface area contributed by atoms with Crippen LogP contribution in [0.25, 0.3) is 0 Å². The first-order valence-electron chi connectivity index (χ1n) is 5.24. The molecule has 2 heteroatoms. The molecule has 0 saturated heterocycles. The standard InChI is InChI=1S/C12H14O2/c1-2-8-3-5-11(13)9-4-6-12(14)10(9)7-8/h1,8-10H,3-7H2/t8-,9-,10-/m1/s1. The van der Waals surface area contributed by atoms with E-state index in [4.69, 9.17) is 6.42 Å². The first-order chi connectivity index (χ1) is 6.72. The van der Waals surface area contributed by atoms with Crippen molar-refractivity contribution in [1.29, 1.82) is 0 Å². The van der Waals surface area contributed by atoms with E-state index in [9.17, 15) is 9.59 Å². The maximum Gasteiger partial charge on any atom is 0.136 e. The van der Waals surface area contributed by atoms with E-state index in [0.29, 0.717) is 12.8 Å². The summed E-state index contributed by atoms with van der Waals surface area (Å²) in [5.41, 5.74) is 0. The maximum atomic E-state index is 11.7. The lowest BCUT2D eigenvalue weighted by atomic mass is 9.88. The second-order valence-corrected chi connectivity index (χ2v) is 4.32. The Hall–Kier alpha value is -1.10. The van der Waals surface area contributed by atoms with Gasteiger partial charge in [0.05, 0.1) is 0 Å². The van der Waals surface area contributed by atoms with Gasteiger partial charge in [0.15, 0.2) is 0 Å². The molecule has 0 heterocycles. The molecule has 0 spiro atoms. The predicted octanol–water partition coefficient (Wildman–Crippen LogP) is 1.58. The van der Waals surface area contributed by atoms with E-state index in [-0.39, 0.29) is 29.3 Å². The zero-order valence-corrected chi connectivity index (χ0v) is 8.16. The van der Waals surface area contributed by atoms with Crippen molar-refractivity contribution in [2.45, 2.75) is 32.1 Å². The summed E-state index contributed by atoms with van der Waals surface area (Å²) in [4.78, 5) is 23.2. The van der Waals surface area contributed by atoms with E-state index in [1.165, 1.54) is 0 Å². The number of Topliss-reactive ketones (excluding diaryl/α,β-unsaturated/α-hetero) is 2. The Labute approximate surface area is 84.1 Å². The lowest BCUT2D eigenvalue weighted by Crippen LogP contribution is -2.20. The molecule has 14 heavy (non-hydrogen) atoms. The maximum absolute atomic E-state index is 11.7. The van der Waals surface area contributed by atoms with Gasteiger partial charge >= 0.3 is 0 Å². The van der Waals surface area contributed by atoms with Crippen LogP contribution in [0.3, 0.4) is 0 Å². The molecule has 0 aromatic rings. The lowest BCUT2D eigenvalue weighted by molar-refractivity contribution is -0.127. The van der Waals surface area contributed by atoms with E-state index >= 15 is 0 Å². The molecule has 2 saturated carbocycles. The molecule has 0 aliphatic heterocycles. The summed E-state index contributed by atoms with van der Waals surface area (Å²) < 4.78 is 0. The Morgan fingerprint density at radius 1 is 1.07 bits per heavy atom. The fraction of sp³-hybridized carbons (Fsp3) is 0.667. The molecule has 2 rings (SSSR count). The highest BCUT2D eigenvalue weighted by molar-refractivity contribution is 5.93. The lowest BCUT2D eigenvalue weighted by Gasteiger charge is -2.14. The largest absolute Gasteiger partial charge is 0.299 e.